The van der Waals surface area contributed by atoms with Gasteiger partial charge in [0.15, 0.2) is 5.82 Å². The first kappa shape index (κ1) is 25.8. The maximum absolute atomic E-state index is 14.6. The summed E-state index contributed by atoms with van der Waals surface area (Å²) in [4.78, 5) is 44.7. The summed E-state index contributed by atoms with van der Waals surface area (Å²) in [5.41, 5.74) is 8.12. The lowest BCUT2D eigenvalue weighted by molar-refractivity contribution is -0.141. The van der Waals surface area contributed by atoms with Crippen LogP contribution in [0.2, 0.25) is 5.02 Å². The Hall–Kier alpha value is -4.25. The number of ether oxygens (including phenoxy) is 1. The minimum atomic E-state index is -0.632. The molecule has 0 aliphatic heterocycles. The summed E-state index contributed by atoms with van der Waals surface area (Å²) in [5.74, 6) is -1.37. The lowest BCUT2D eigenvalue weighted by Gasteiger charge is -2.22. The fourth-order valence-corrected chi connectivity index (χ4v) is 4.23. The van der Waals surface area contributed by atoms with Gasteiger partial charge in [-0.1, -0.05) is 23.7 Å². The number of aromatic nitrogens is 2. The second-order valence-corrected chi connectivity index (χ2v) is 8.49. The molecule has 3 amide bonds. The van der Waals surface area contributed by atoms with Crippen LogP contribution >= 0.6 is 11.6 Å². The number of urea groups is 1. The second kappa shape index (κ2) is 11.7. The third kappa shape index (κ3) is 6.12. The lowest BCUT2D eigenvalue weighted by atomic mass is 9.96. The van der Waals surface area contributed by atoms with Crippen LogP contribution in [0.1, 0.15) is 45.6 Å². The molecule has 0 saturated heterocycles. The molecule has 1 aliphatic rings. The van der Waals surface area contributed by atoms with Crippen LogP contribution in [0.5, 0.6) is 0 Å². The fourth-order valence-electron chi connectivity index (χ4n) is 4.02. The van der Waals surface area contributed by atoms with Crippen LogP contribution in [0.3, 0.4) is 0 Å². The van der Waals surface area contributed by atoms with E-state index in [-0.39, 0.29) is 35.4 Å². The van der Waals surface area contributed by atoms with E-state index in [0.717, 1.165) is 11.1 Å². The number of hydrogen-bond acceptors (Lipinski definition) is 7. The Kier molecular flexibility index (Phi) is 8.14. The first-order chi connectivity index (χ1) is 17.9. The van der Waals surface area contributed by atoms with E-state index in [1.165, 1.54) is 18.3 Å². The highest BCUT2D eigenvalue weighted by Crippen LogP contribution is 2.33. The van der Waals surface area contributed by atoms with E-state index >= 15 is 0 Å². The van der Waals surface area contributed by atoms with E-state index in [1.54, 1.807) is 31.5 Å². The van der Waals surface area contributed by atoms with E-state index in [9.17, 15) is 18.8 Å². The second-order valence-electron chi connectivity index (χ2n) is 8.08. The monoisotopic (exact) mass is 526 g/mol. The third-order valence-corrected chi connectivity index (χ3v) is 6.03. The smallest absolute Gasteiger partial charge is 0.334 e. The molecule has 2 heterocycles. The lowest BCUT2D eigenvalue weighted by Crippen LogP contribution is -2.41. The first-order valence-electron chi connectivity index (χ1n) is 11.5. The van der Waals surface area contributed by atoms with Gasteiger partial charge >= 0.3 is 12.0 Å². The molecule has 1 unspecified atom stereocenters. The number of rotatable bonds is 7. The molecule has 1 aromatic carbocycles. The number of pyridine rings is 2. The third-order valence-electron chi connectivity index (χ3n) is 5.74. The Morgan fingerprint density at radius 3 is 2.78 bits per heavy atom. The highest BCUT2D eigenvalue weighted by molar-refractivity contribution is 6.33. The van der Waals surface area contributed by atoms with Crippen molar-refractivity contribution in [2.75, 3.05) is 18.6 Å². The van der Waals surface area contributed by atoms with Crippen molar-refractivity contribution in [3.8, 4) is 0 Å². The van der Waals surface area contributed by atoms with Crippen LogP contribution < -0.4 is 21.5 Å². The Morgan fingerprint density at radius 2 is 2.00 bits per heavy atom. The van der Waals surface area contributed by atoms with Crippen LogP contribution in [-0.4, -0.2) is 41.0 Å². The molecule has 37 heavy (non-hydrogen) atoms. The summed E-state index contributed by atoms with van der Waals surface area (Å²) < 4.78 is 19.3. The summed E-state index contributed by atoms with van der Waals surface area (Å²) in [6.45, 7) is 1.57. The molecule has 0 saturated carbocycles. The number of nitrogens with zero attached hydrogens (tertiary/aromatic N) is 2. The molecule has 1 aliphatic carbocycles. The molecule has 2 aromatic heterocycles. The average Bonchev–Trinajstić information content (AvgIpc) is 3.04. The van der Waals surface area contributed by atoms with Crippen LogP contribution in [-0.2, 0) is 22.4 Å². The van der Waals surface area contributed by atoms with Gasteiger partial charge in [0.2, 0.25) is 0 Å². The molecule has 192 valence electrons. The molecule has 0 radical (unpaired) electrons. The Morgan fingerprint density at radius 1 is 1.16 bits per heavy atom. The van der Waals surface area contributed by atoms with Crippen molar-refractivity contribution in [3.63, 3.8) is 0 Å². The number of hydrazine groups is 1. The van der Waals surface area contributed by atoms with Gasteiger partial charge in [-0.3, -0.25) is 25.4 Å². The van der Waals surface area contributed by atoms with E-state index in [1.807, 2.05) is 6.07 Å². The van der Waals surface area contributed by atoms with Gasteiger partial charge in [-0.15, -0.1) is 0 Å². The van der Waals surface area contributed by atoms with Gasteiger partial charge in [0.05, 0.1) is 23.2 Å². The van der Waals surface area contributed by atoms with Gasteiger partial charge in [0.1, 0.15) is 12.4 Å². The van der Waals surface area contributed by atoms with Crippen molar-refractivity contribution < 1.29 is 23.5 Å². The van der Waals surface area contributed by atoms with Crippen LogP contribution in [0.25, 0.3) is 0 Å². The van der Waals surface area contributed by atoms with Crippen molar-refractivity contribution in [2.45, 2.75) is 25.8 Å². The number of anilines is 1. The van der Waals surface area contributed by atoms with E-state index in [0.29, 0.717) is 24.0 Å². The SMILES string of the molecule is CCOC(=O)CNC(=O)c1cnc(NNC(=O)NC2c3cnccc3CCc3c(F)cccc32)c(Cl)c1. The van der Waals surface area contributed by atoms with Crippen molar-refractivity contribution in [1.82, 2.24) is 26.0 Å². The van der Waals surface area contributed by atoms with Gasteiger partial charge in [0, 0.05) is 24.2 Å². The summed E-state index contributed by atoms with van der Waals surface area (Å²) in [6, 6.07) is 6.73. The highest BCUT2D eigenvalue weighted by atomic mass is 35.5. The molecule has 4 N–H and O–H groups in total. The predicted octanol–water partition coefficient (Wildman–Crippen LogP) is 3.08. The number of nitrogens with one attached hydrogen (secondary N) is 4. The quantitative estimate of drug-likeness (QED) is 0.274. The summed E-state index contributed by atoms with van der Waals surface area (Å²) in [5, 5.41) is 5.32. The number of esters is 1. The van der Waals surface area contributed by atoms with Crippen molar-refractivity contribution in [1.29, 1.82) is 0 Å². The molecule has 1 atom stereocenters. The maximum Gasteiger partial charge on any atom is 0.334 e. The largest absolute Gasteiger partial charge is 0.465 e. The number of amides is 3. The molecule has 10 nitrogen and oxygen atoms in total. The number of hydrogen-bond donors (Lipinski definition) is 4. The fraction of sp³-hybridized carbons (Fsp3) is 0.240. The highest BCUT2D eigenvalue weighted by Gasteiger charge is 2.27. The van der Waals surface area contributed by atoms with Gasteiger partial charge in [-0.05, 0) is 54.7 Å². The molecular formula is C25H24ClFN6O4. The van der Waals surface area contributed by atoms with E-state index in [2.05, 4.69) is 31.5 Å². The molecule has 0 fully saturated rings. The number of halogens is 2. The van der Waals surface area contributed by atoms with Gasteiger partial charge in [-0.25, -0.2) is 14.2 Å². The minimum Gasteiger partial charge on any atom is -0.465 e. The summed E-state index contributed by atoms with van der Waals surface area (Å²) in [6.07, 6.45) is 5.68. The maximum atomic E-state index is 14.6. The molecule has 12 heteroatoms. The Balaban J connectivity index is 1.43. The Bertz CT molecular complexity index is 1340. The predicted molar refractivity (Wildman–Crippen MR) is 133 cm³/mol. The topological polar surface area (TPSA) is 134 Å². The molecule has 4 rings (SSSR count). The Labute approximate surface area is 217 Å². The molecule has 3 aromatic rings. The summed E-state index contributed by atoms with van der Waals surface area (Å²) in [7, 11) is 0. The van der Waals surface area contributed by atoms with Crippen molar-refractivity contribution in [3.05, 3.63) is 87.6 Å². The van der Waals surface area contributed by atoms with Crippen LogP contribution in [0.15, 0.2) is 48.9 Å². The van der Waals surface area contributed by atoms with Crippen molar-refractivity contribution >= 4 is 35.3 Å². The number of carbonyl (C=O) groups is 3. The first-order valence-corrected chi connectivity index (χ1v) is 11.9. The van der Waals surface area contributed by atoms with Crippen LogP contribution in [0, 0.1) is 5.82 Å². The molecule has 0 spiro atoms. The van der Waals surface area contributed by atoms with Gasteiger partial charge in [-0.2, -0.15) is 0 Å². The molecular weight excluding hydrogens is 503 g/mol. The van der Waals surface area contributed by atoms with E-state index < -0.39 is 23.9 Å². The minimum absolute atomic E-state index is 0.0560. The zero-order chi connectivity index (χ0) is 26.4. The zero-order valence-corrected chi connectivity index (χ0v) is 20.6. The summed E-state index contributed by atoms with van der Waals surface area (Å²) >= 11 is 6.22. The molecule has 0 bridgehead atoms. The number of aryl methyl sites for hydroxylation is 1. The van der Waals surface area contributed by atoms with E-state index in [4.69, 9.17) is 16.3 Å². The van der Waals surface area contributed by atoms with Crippen molar-refractivity contribution in [2.24, 2.45) is 0 Å². The van der Waals surface area contributed by atoms with Crippen LogP contribution in [0.4, 0.5) is 15.0 Å². The normalized spacial score (nSPS) is 13.9. The number of fused-ring (bicyclic) bond motifs is 2. The zero-order valence-electron chi connectivity index (χ0n) is 19.8. The number of benzene rings is 1. The number of carbonyl (C=O) groups excluding carboxylic acids is 3. The average molecular weight is 527 g/mol. The standard InChI is InChI=1S/C25H24ClFN6O4/c1-2-37-21(34)13-30-24(35)15-10-19(26)23(29-11-15)32-33-25(36)31-22-17-4-3-5-20(27)16(17)7-6-14-8-9-28-12-18(14)22/h3-5,8-12,22H,2,6-7,13H2,1H3,(H,29,32)(H,30,35)(H2,31,33,36). The van der Waals surface area contributed by atoms with Gasteiger partial charge in [0.25, 0.3) is 5.91 Å². The van der Waals surface area contributed by atoms with Gasteiger partial charge < -0.3 is 15.4 Å².